The van der Waals surface area contributed by atoms with Crippen LogP contribution in [-0.2, 0) is 6.42 Å². The molecule has 0 amide bonds. The number of aromatic nitrogens is 8. The highest BCUT2D eigenvalue weighted by Gasteiger charge is 2.24. The number of aromatic carboxylic acids is 1. The lowest BCUT2D eigenvalue weighted by atomic mass is 9.97. The average Bonchev–Trinajstić information content (AvgIpc) is 3.85. The minimum Gasteiger partial charge on any atom is -0.478 e. The van der Waals surface area contributed by atoms with Gasteiger partial charge >= 0.3 is 5.97 Å². The van der Waals surface area contributed by atoms with Crippen LogP contribution in [0.2, 0.25) is 0 Å². The van der Waals surface area contributed by atoms with Crippen LogP contribution in [0.3, 0.4) is 0 Å². The number of fused-ring (bicyclic) bond motifs is 20. The van der Waals surface area contributed by atoms with E-state index in [9.17, 15) is 9.90 Å². The molecule has 10 heteroatoms. The topological polar surface area (TPSA) is 146 Å². The van der Waals surface area contributed by atoms with Crippen LogP contribution in [0.4, 0.5) is 0 Å². The van der Waals surface area contributed by atoms with Gasteiger partial charge in [0.2, 0.25) is 0 Å². The summed E-state index contributed by atoms with van der Waals surface area (Å²) in [6.45, 7) is 3.82. The Bertz CT molecular complexity index is 2680. The maximum absolute atomic E-state index is 13.0. The van der Waals surface area contributed by atoms with Gasteiger partial charge in [0.05, 0.1) is 5.56 Å². The van der Waals surface area contributed by atoms with Gasteiger partial charge in [-0.1, -0.05) is 91.0 Å². The quantitative estimate of drug-likeness (QED) is 0.121. The van der Waals surface area contributed by atoms with Crippen molar-refractivity contribution in [3.8, 4) is 45.6 Å². The van der Waals surface area contributed by atoms with Crippen molar-refractivity contribution < 1.29 is 9.90 Å². The van der Waals surface area contributed by atoms with Crippen molar-refractivity contribution >= 4 is 50.1 Å². The summed E-state index contributed by atoms with van der Waals surface area (Å²) in [5.41, 5.74) is 6.24. The molecule has 0 saturated carbocycles. The van der Waals surface area contributed by atoms with E-state index in [1.165, 1.54) is 0 Å². The number of rotatable bonds is 6. The summed E-state index contributed by atoms with van der Waals surface area (Å²) < 4.78 is 0. The summed E-state index contributed by atoms with van der Waals surface area (Å²) in [4.78, 5) is 49.8. The minimum atomic E-state index is -1.03. The van der Waals surface area contributed by atoms with Crippen LogP contribution in [0.1, 0.15) is 35.2 Å². The standard InChI is InChI=1S/C39H28N8O2/c1-2-3-4-5-12-21-19-20-28-30(29(21)39(48)49)38-46-36-27-18-11-10-17-26(27)34(44-36)42-32-23-14-7-6-13-22(23)31(40-32)41-33-24-15-8-9-16-25(24)35(43-33)45-37(28)47-38/h2,6-11,13-20H,1,3-5,12H2,(H,48,49)(H2,40,41,42,43,44,45,46,47). The van der Waals surface area contributed by atoms with Crippen molar-refractivity contribution in [1.29, 1.82) is 0 Å². The summed E-state index contributed by atoms with van der Waals surface area (Å²) in [5.74, 6) is 0.847. The zero-order valence-corrected chi connectivity index (χ0v) is 26.2. The third kappa shape index (κ3) is 4.68. The molecule has 3 N–H and O–H groups in total. The van der Waals surface area contributed by atoms with E-state index in [0.717, 1.165) is 57.9 Å². The Morgan fingerprint density at radius 1 is 0.592 bits per heavy atom. The largest absolute Gasteiger partial charge is 0.478 e. The first-order valence-electron chi connectivity index (χ1n) is 16.2. The molecule has 5 heterocycles. The van der Waals surface area contributed by atoms with Crippen molar-refractivity contribution in [3.05, 3.63) is 109 Å². The van der Waals surface area contributed by atoms with E-state index >= 15 is 0 Å². The summed E-state index contributed by atoms with van der Waals surface area (Å²) in [5, 5.41) is 13.5. The first kappa shape index (κ1) is 28.7. The molecule has 0 radical (unpaired) electrons. The van der Waals surface area contributed by atoms with E-state index < -0.39 is 5.97 Å². The van der Waals surface area contributed by atoms with Crippen LogP contribution in [0.5, 0.6) is 0 Å². The molecule has 4 aromatic carbocycles. The van der Waals surface area contributed by atoms with Crippen molar-refractivity contribution in [2.24, 2.45) is 0 Å². The number of aromatic amines is 2. The van der Waals surface area contributed by atoms with Crippen LogP contribution in [-0.4, -0.2) is 50.9 Å². The van der Waals surface area contributed by atoms with Gasteiger partial charge in [-0.15, -0.1) is 6.58 Å². The molecule has 0 aliphatic carbocycles. The van der Waals surface area contributed by atoms with Gasteiger partial charge in [-0.25, -0.2) is 34.7 Å². The highest BCUT2D eigenvalue weighted by molar-refractivity contribution is 6.15. The van der Waals surface area contributed by atoms with Crippen LogP contribution < -0.4 is 0 Å². The molecule has 236 valence electrons. The summed E-state index contributed by atoms with van der Waals surface area (Å²) in [6.07, 6.45) is 5.11. The van der Waals surface area contributed by atoms with E-state index in [1.54, 1.807) is 0 Å². The van der Waals surface area contributed by atoms with Gasteiger partial charge in [0.15, 0.2) is 23.3 Å². The molecule has 0 fully saturated rings. The lowest BCUT2D eigenvalue weighted by Crippen LogP contribution is -2.04. The van der Waals surface area contributed by atoms with Crippen LogP contribution >= 0.6 is 0 Å². The van der Waals surface area contributed by atoms with Crippen molar-refractivity contribution in [2.45, 2.75) is 25.7 Å². The number of hydrogen-bond donors (Lipinski definition) is 3. The third-order valence-electron chi connectivity index (χ3n) is 9.12. The molecule has 3 aromatic heterocycles. The lowest BCUT2D eigenvalue weighted by molar-refractivity contribution is 0.0698. The second-order valence-corrected chi connectivity index (χ2v) is 12.1. The number of benzene rings is 4. The predicted molar refractivity (Wildman–Crippen MR) is 191 cm³/mol. The lowest BCUT2D eigenvalue weighted by Gasteiger charge is -2.07. The zero-order valence-electron chi connectivity index (χ0n) is 26.2. The maximum atomic E-state index is 13.0. The first-order chi connectivity index (χ1) is 24.1. The molecule has 2 aliphatic heterocycles. The van der Waals surface area contributed by atoms with Gasteiger partial charge < -0.3 is 15.1 Å². The summed E-state index contributed by atoms with van der Waals surface area (Å²) in [6, 6.07) is 27.3. The number of nitrogens with zero attached hydrogens (tertiary/aromatic N) is 6. The Balaban J connectivity index is 1.44. The average molecular weight is 641 g/mol. The van der Waals surface area contributed by atoms with Crippen molar-refractivity contribution in [3.63, 3.8) is 0 Å². The van der Waals surface area contributed by atoms with Crippen LogP contribution in [0.25, 0.3) is 89.7 Å². The fraction of sp³-hybridized carbons (Fsp3) is 0.103. The zero-order chi connectivity index (χ0) is 33.1. The molecule has 8 bridgehead atoms. The molecule has 49 heavy (non-hydrogen) atoms. The van der Waals surface area contributed by atoms with E-state index in [2.05, 4.69) is 16.5 Å². The summed E-state index contributed by atoms with van der Waals surface area (Å²) in [7, 11) is 0. The number of carboxylic acids is 1. The first-order valence-corrected chi connectivity index (χ1v) is 16.2. The molecular weight excluding hydrogens is 612 g/mol. The smallest absolute Gasteiger partial charge is 0.336 e. The monoisotopic (exact) mass is 640 g/mol. The molecule has 0 unspecified atom stereocenters. The molecule has 0 atom stereocenters. The van der Waals surface area contributed by atoms with E-state index in [1.807, 2.05) is 91.0 Å². The van der Waals surface area contributed by atoms with Gasteiger partial charge in [0.1, 0.15) is 22.6 Å². The molecular formula is C39H28N8O2. The predicted octanol–water partition coefficient (Wildman–Crippen LogP) is 8.47. The Kier molecular flexibility index (Phi) is 6.61. The number of H-pyrrole nitrogens is 2. The van der Waals surface area contributed by atoms with E-state index in [0.29, 0.717) is 63.1 Å². The van der Waals surface area contributed by atoms with Crippen molar-refractivity contribution in [1.82, 2.24) is 39.9 Å². The van der Waals surface area contributed by atoms with E-state index in [-0.39, 0.29) is 5.56 Å². The fourth-order valence-electron chi connectivity index (χ4n) is 6.83. The van der Waals surface area contributed by atoms with Gasteiger partial charge in [-0.3, -0.25) is 0 Å². The fourth-order valence-corrected chi connectivity index (χ4v) is 6.83. The summed E-state index contributed by atoms with van der Waals surface area (Å²) >= 11 is 0. The number of carboxylic acid groups (broad SMARTS) is 1. The molecule has 0 spiro atoms. The Labute approximate surface area is 279 Å². The van der Waals surface area contributed by atoms with E-state index in [4.69, 9.17) is 29.9 Å². The molecule has 9 rings (SSSR count). The SMILES string of the molecule is C=CCCCCc1ccc2c3nc4nc(nc5[nH]c(nc6nc(nc([nH]3)c2c1C(=O)O)-c1ccccc1-6)c1ccccc51)-c1ccccc1-4. The van der Waals surface area contributed by atoms with Gasteiger partial charge in [0, 0.05) is 43.8 Å². The number of aryl methyl sites for hydroxylation is 1. The third-order valence-corrected chi connectivity index (χ3v) is 9.12. The van der Waals surface area contributed by atoms with Crippen LogP contribution in [0.15, 0.2) is 97.6 Å². The second-order valence-electron chi connectivity index (χ2n) is 12.1. The Hall–Kier alpha value is -6.55. The highest BCUT2D eigenvalue weighted by Crippen LogP contribution is 2.37. The number of unbranched alkanes of at least 4 members (excludes halogenated alkanes) is 2. The normalized spacial score (nSPS) is 11.8. The van der Waals surface area contributed by atoms with Gasteiger partial charge in [0.25, 0.3) is 0 Å². The molecule has 0 saturated heterocycles. The second kappa shape index (κ2) is 11.3. The number of allylic oxidation sites excluding steroid dienone is 1. The minimum absolute atomic E-state index is 0.201. The number of hydrogen-bond acceptors (Lipinski definition) is 7. The maximum Gasteiger partial charge on any atom is 0.336 e. The molecule has 7 aromatic rings. The number of nitrogens with one attached hydrogen (secondary N) is 2. The van der Waals surface area contributed by atoms with Crippen molar-refractivity contribution in [2.75, 3.05) is 0 Å². The van der Waals surface area contributed by atoms with Crippen LogP contribution in [0, 0.1) is 0 Å². The van der Waals surface area contributed by atoms with Gasteiger partial charge in [-0.2, -0.15) is 0 Å². The Morgan fingerprint density at radius 3 is 1.57 bits per heavy atom. The Morgan fingerprint density at radius 2 is 1.06 bits per heavy atom. The molecule has 2 aliphatic rings. The highest BCUT2D eigenvalue weighted by atomic mass is 16.4. The number of carbonyl (C=O) groups is 1. The molecule has 10 nitrogen and oxygen atoms in total. The van der Waals surface area contributed by atoms with Gasteiger partial charge in [-0.05, 0) is 31.2 Å².